The SMILES string of the molecule is CCOc1cc(Br)c(CC(=O)OCC(=O)NC(C)(C)C)cc1OCC. The third kappa shape index (κ3) is 7.77. The highest BCUT2D eigenvalue weighted by atomic mass is 79.9. The molecule has 0 saturated carbocycles. The van der Waals surface area contributed by atoms with Gasteiger partial charge in [0.2, 0.25) is 0 Å². The Balaban J connectivity index is 2.73. The second-order valence-electron chi connectivity index (χ2n) is 6.39. The number of amides is 1. The summed E-state index contributed by atoms with van der Waals surface area (Å²) in [4.78, 5) is 23.7. The van der Waals surface area contributed by atoms with Crippen LogP contribution in [0.2, 0.25) is 0 Å². The molecule has 0 radical (unpaired) electrons. The molecule has 0 saturated heterocycles. The van der Waals surface area contributed by atoms with Crippen LogP contribution in [0.1, 0.15) is 40.2 Å². The Morgan fingerprint density at radius 1 is 1.08 bits per heavy atom. The summed E-state index contributed by atoms with van der Waals surface area (Å²) in [7, 11) is 0. The van der Waals surface area contributed by atoms with Gasteiger partial charge in [-0.25, -0.2) is 0 Å². The zero-order chi connectivity index (χ0) is 19.0. The number of carbonyl (C=O) groups is 2. The Morgan fingerprint density at radius 2 is 1.64 bits per heavy atom. The van der Waals surface area contributed by atoms with Gasteiger partial charge in [-0.2, -0.15) is 0 Å². The predicted octanol–water partition coefficient (Wildman–Crippen LogP) is 3.25. The average molecular weight is 416 g/mol. The molecule has 7 heteroatoms. The van der Waals surface area contributed by atoms with E-state index in [0.717, 1.165) is 4.47 Å². The number of ether oxygens (including phenoxy) is 3. The van der Waals surface area contributed by atoms with E-state index < -0.39 is 5.97 Å². The van der Waals surface area contributed by atoms with Crippen LogP contribution in [0, 0.1) is 0 Å². The van der Waals surface area contributed by atoms with Crippen molar-refractivity contribution in [3.63, 3.8) is 0 Å². The fraction of sp³-hybridized carbons (Fsp3) is 0.556. The Morgan fingerprint density at radius 3 is 2.16 bits per heavy atom. The number of carbonyl (C=O) groups excluding carboxylic acids is 2. The molecule has 0 atom stereocenters. The third-order valence-electron chi connectivity index (χ3n) is 2.93. The van der Waals surface area contributed by atoms with Gasteiger partial charge in [0, 0.05) is 10.0 Å². The molecule has 0 aliphatic carbocycles. The summed E-state index contributed by atoms with van der Waals surface area (Å²) in [5, 5.41) is 2.74. The Kier molecular flexibility index (Phi) is 8.22. The number of rotatable bonds is 8. The largest absolute Gasteiger partial charge is 0.490 e. The molecule has 0 heterocycles. The first-order chi connectivity index (χ1) is 11.7. The molecule has 1 N–H and O–H groups in total. The fourth-order valence-electron chi connectivity index (χ4n) is 2.06. The molecule has 1 aromatic carbocycles. The smallest absolute Gasteiger partial charge is 0.310 e. The van der Waals surface area contributed by atoms with E-state index in [0.29, 0.717) is 30.3 Å². The number of esters is 1. The molecule has 25 heavy (non-hydrogen) atoms. The minimum atomic E-state index is -0.489. The molecular weight excluding hydrogens is 390 g/mol. The van der Waals surface area contributed by atoms with Crippen molar-refractivity contribution >= 4 is 27.8 Å². The molecule has 6 nitrogen and oxygen atoms in total. The summed E-state index contributed by atoms with van der Waals surface area (Å²) in [6.45, 7) is 10.0. The van der Waals surface area contributed by atoms with E-state index in [1.807, 2.05) is 34.6 Å². The summed E-state index contributed by atoms with van der Waals surface area (Å²) < 4.78 is 16.8. The van der Waals surface area contributed by atoms with E-state index in [1.54, 1.807) is 12.1 Å². The lowest BCUT2D eigenvalue weighted by molar-refractivity contribution is -0.148. The van der Waals surface area contributed by atoms with Crippen LogP contribution in [-0.2, 0) is 20.7 Å². The van der Waals surface area contributed by atoms with Crippen LogP contribution in [0.5, 0.6) is 11.5 Å². The third-order valence-corrected chi connectivity index (χ3v) is 3.66. The standard InChI is InChI=1S/C18H26BrNO5/c1-6-23-14-8-12(13(19)10-15(14)24-7-2)9-17(22)25-11-16(21)20-18(3,4)5/h8,10H,6-7,9,11H2,1-5H3,(H,20,21). The van der Waals surface area contributed by atoms with Crippen molar-refractivity contribution in [2.75, 3.05) is 19.8 Å². The molecule has 0 spiro atoms. The van der Waals surface area contributed by atoms with Crippen LogP contribution in [0.15, 0.2) is 16.6 Å². The first-order valence-corrected chi connectivity index (χ1v) is 9.00. The van der Waals surface area contributed by atoms with Gasteiger partial charge in [0.05, 0.1) is 19.6 Å². The molecule has 1 aromatic rings. The van der Waals surface area contributed by atoms with Crippen LogP contribution < -0.4 is 14.8 Å². The average Bonchev–Trinajstić information content (AvgIpc) is 2.48. The van der Waals surface area contributed by atoms with Crippen molar-refractivity contribution in [3.05, 3.63) is 22.2 Å². The summed E-state index contributed by atoms with van der Waals surface area (Å²) >= 11 is 3.43. The second-order valence-corrected chi connectivity index (χ2v) is 7.25. The molecular formula is C18H26BrNO5. The van der Waals surface area contributed by atoms with Gasteiger partial charge in [-0.1, -0.05) is 15.9 Å². The maximum absolute atomic E-state index is 12.0. The van der Waals surface area contributed by atoms with Crippen LogP contribution in [0.3, 0.4) is 0 Å². The van der Waals surface area contributed by atoms with Gasteiger partial charge < -0.3 is 19.5 Å². The van der Waals surface area contributed by atoms with E-state index in [-0.39, 0.29) is 24.5 Å². The van der Waals surface area contributed by atoms with Crippen LogP contribution in [0.4, 0.5) is 0 Å². The summed E-state index contributed by atoms with van der Waals surface area (Å²) in [6.07, 6.45) is 0.0237. The highest BCUT2D eigenvalue weighted by Crippen LogP contribution is 2.34. The summed E-state index contributed by atoms with van der Waals surface area (Å²) in [5.74, 6) is 0.358. The minimum Gasteiger partial charge on any atom is -0.490 e. The molecule has 0 fully saturated rings. The monoisotopic (exact) mass is 415 g/mol. The molecule has 0 aromatic heterocycles. The van der Waals surface area contributed by atoms with E-state index in [2.05, 4.69) is 21.2 Å². The number of hydrogen-bond acceptors (Lipinski definition) is 5. The number of nitrogens with one attached hydrogen (secondary N) is 1. The van der Waals surface area contributed by atoms with Crippen LogP contribution in [0.25, 0.3) is 0 Å². The van der Waals surface area contributed by atoms with Crippen molar-refractivity contribution in [2.24, 2.45) is 0 Å². The molecule has 140 valence electrons. The van der Waals surface area contributed by atoms with Crippen molar-refractivity contribution in [1.29, 1.82) is 0 Å². The molecule has 1 rings (SSSR count). The summed E-state index contributed by atoms with van der Waals surface area (Å²) in [5.41, 5.74) is 0.335. The van der Waals surface area contributed by atoms with Crippen LogP contribution >= 0.6 is 15.9 Å². The molecule has 0 bridgehead atoms. The Hall–Kier alpha value is -1.76. The van der Waals surface area contributed by atoms with E-state index in [4.69, 9.17) is 14.2 Å². The predicted molar refractivity (Wildman–Crippen MR) is 99.0 cm³/mol. The highest BCUT2D eigenvalue weighted by Gasteiger charge is 2.17. The lowest BCUT2D eigenvalue weighted by atomic mass is 10.1. The van der Waals surface area contributed by atoms with E-state index >= 15 is 0 Å². The summed E-state index contributed by atoms with van der Waals surface area (Å²) in [6, 6.07) is 3.51. The quantitative estimate of drug-likeness (QED) is 0.659. The van der Waals surface area contributed by atoms with Crippen molar-refractivity contribution < 1.29 is 23.8 Å². The first kappa shape index (κ1) is 21.3. The van der Waals surface area contributed by atoms with Gasteiger partial charge in [0.15, 0.2) is 18.1 Å². The normalized spacial score (nSPS) is 11.0. The molecule has 1 amide bonds. The van der Waals surface area contributed by atoms with Gasteiger partial charge in [-0.15, -0.1) is 0 Å². The van der Waals surface area contributed by atoms with Gasteiger partial charge in [-0.05, 0) is 52.3 Å². The second kappa shape index (κ2) is 9.65. The number of hydrogen-bond donors (Lipinski definition) is 1. The van der Waals surface area contributed by atoms with Crippen molar-refractivity contribution in [3.8, 4) is 11.5 Å². The minimum absolute atomic E-state index is 0.0237. The van der Waals surface area contributed by atoms with E-state index in [9.17, 15) is 9.59 Å². The van der Waals surface area contributed by atoms with E-state index in [1.165, 1.54) is 0 Å². The Bertz CT molecular complexity index is 610. The van der Waals surface area contributed by atoms with Gasteiger partial charge in [0.25, 0.3) is 5.91 Å². The van der Waals surface area contributed by atoms with Crippen molar-refractivity contribution in [2.45, 2.75) is 46.6 Å². The first-order valence-electron chi connectivity index (χ1n) is 8.21. The molecule has 0 unspecified atom stereocenters. The lowest BCUT2D eigenvalue weighted by Gasteiger charge is -2.20. The zero-order valence-corrected chi connectivity index (χ0v) is 17.0. The maximum atomic E-state index is 12.0. The highest BCUT2D eigenvalue weighted by molar-refractivity contribution is 9.10. The molecule has 0 aliphatic heterocycles. The van der Waals surface area contributed by atoms with Gasteiger partial charge in [0.1, 0.15) is 0 Å². The fourth-order valence-corrected chi connectivity index (χ4v) is 2.52. The maximum Gasteiger partial charge on any atom is 0.310 e. The topological polar surface area (TPSA) is 73.9 Å². The van der Waals surface area contributed by atoms with Gasteiger partial charge >= 0.3 is 5.97 Å². The Labute approximate surface area is 157 Å². The lowest BCUT2D eigenvalue weighted by Crippen LogP contribution is -2.42. The van der Waals surface area contributed by atoms with Crippen molar-refractivity contribution in [1.82, 2.24) is 5.32 Å². The number of benzene rings is 1. The van der Waals surface area contributed by atoms with Gasteiger partial charge in [-0.3, -0.25) is 9.59 Å². The van der Waals surface area contributed by atoms with Crippen LogP contribution in [-0.4, -0.2) is 37.2 Å². The molecule has 0 aliphatic rings. The zero-order valence-electron chi connectivity index (χ0n) is 15.4. The number of halogens is 1.